The van der Waals surface area contributed by atoms with E-state index in [1.807, 2.05) is 6.92 Å². The van der Waals surface area contributed by atoms with E-state index in [-0.39, 0.29) is 11.3 Å². The Morgan fingerprint density at radius 3 is 2.73 bits per heavy atom. The van der Waals surface area contributed by atoms with Crippen molar-refractivity contribution in [3.63, 3.8) is 0 Å². The summed E-state index contributed by atoms with van der Waals surface area (Å²) in [5.74, 6) is 1.80. The van der Waals surface area contributed by atoms with Gasteiger partial charge in [-0.25, -0.2) is 0 Å². The predicted octanol–water partition coefficient (Wildman–Crippen LogP) is 4.67. The third-order valence-electron chi connectivity index (χ3n) is 7.96. The molecule has 7 atom stereocenters. The van der Waals surface area contributed by atoms with Gasteiger partial charge < -0.3 is 5.11 Å². The number of allylic oxidation sites excluding steroid dienone is 4. The van der Waals surface area contributed by atoms with Crippen LogP contribution in [-0.4, -0.2) is 11.1 Å². The van der Waals surface area contributed by atoms with Crippen molar-refractivity contribution >= 4 is 5.97 Å². The molecule has 1 spiro atoms. The fourth-order valence-electron chi connectivity index (χ4n) is 6.69. The van der Waals surface area contributed by atoms with Gasteiger partial charge in [0.15, 0.2) is 0 Å². The molecule has 0 saturated heterocycles. The predicted molar refractivity (Wildman–Crippen MR) is 87.3 cm³/mol. The first-order chi connectivity index (χ1) is 10.3. The van der Waals surface area contributed by atoms with Crippen LogP contribution >= 0.6 is 0 Å². The van der Waals surface area contributed by atoms with Crippen LogP contribution in [-0.2, 0) is 4.79 Å². The third-order valence-corrected chi connectivity index (χ3v) is 7.96. The fraction of sp³-hybridized carbons (Fsp3) is 0.750. The van der Waals surface area contributed by atoms with Crippen molar-refractivity contribution in [2.45, 2.75) is 52.9 Å². The lowest BCUT2D eigenvalue weighted by atomic mass is 9.39. The molecule has 0 aromatic rings. The second-order valence-electron chi connectivity index (χ2n) is 9.03. The maximum atomic E-state index is 12.0. The summed E-state index contributed by atoms with van der Waals surface area (Å²) >= 11 is 0. The molecule has 5 rings (SSSR count). The van der Waals surface area contributed by atoms with Crippen LogP contribution < -0.4 is 0 Å². The molecular weight excluding hydrogens is 272 g/mol. The molecule has 120 valence electrons. The fourth-order valence-corrected chi connectivity index (χ4v) is 6.69. The van der Waals surface area contributed by atoms with Gasteiger partial charge in [-0.3, -0.25) is 4.79 Å². The van der Waals surface area contributed by atoms with Gasteiger partial charge >= 0.3 is 5.97 Å². The summed E-state index contributed by atoms with van der Waals surface area (Å²) in [6.45, 7) is 6.71. The zero-order chi connectivity index (χ0) is 15.8. The molecule has 0 amide bonds. The monoisotopic (exact) mass is 300 g/mol. The summed E-state index contributed by atoms with van der Waals surface area (Å²) in [5, 5.41) is 9.85. The van der Waals surface area contributed by atoms with Crippen LogP contribution in [0.15, 0.2) is 24.3 Å². The molecule has 0 aliphatic heterocycles. The molecule has 3 saturated carbocycles. The molecule has 5 aliphatic rings. The lowest BCUT2D eigenvalue weighted by Gasteiger charge is -2.64. The zero-order valence-electron chi connectivity index (χ0n) is 14.0. The normalized spacial score (nSPS) is 55.6. The van der Waals surface area contributed by atoms with Gasteiger partial charge in [-0.05, 0) is 67.6 Å². The Morgan fingerprint density at radius 1 is 1.27 bits per heavy atom. The van der Waals surface area contributed by atoms with E-state index in [0.717, 1.165) is 11.8 Å². The van der Waals surface area contributed by atoms with Crippen LogP contribution in [0, 0.1) is 39.9 Å². The van der Waals surface area contributed by atoms with Gasteiger partial charge in [0, 0.05) is 5.92 Å². The van der Waals surface area contributed by atoms with E-state index in [9.17, 15) is 9.90 Å². The highest BCUT2D eigenvalue weighted by molar-refractivity contribution is 5.76. The minimum absolute atomic E-state index is 0.0128. The summed E-state index contributed by atoms with van der Waals surface area (Å²) in [4.78, 5) is 12.0. The number of carbonyl (C=O) groups is 1. The van der Waals surface area contributed by atoms with E-state index in [1.165, 1.54) is 25.7 Å². The molecule has 2 nitrogen and oxygen atoms in total. The highest BCUT2D eigenvalue weighted by atomic mass is 16.4. The van der Waals surface area contributed by atoms with E-state index in [0.29, 0.717) is 17.8 Å². The Labute approximate surface area is 133 Å². The molecule has 2 heteroatoms. The molecule has 0 aromatic carbocycles. The average molecular weight is 300 g/mol. The summed E-state index contributed by atoms with van der Waals surface area (Å²) in [6.07, 6.45) is 15.2. The molecule has 5 aliphatic carbocycles. The van der Waals surface area contributed by atoms with E-state index in [2.05, 4.69) is 38.2 Å². The van der Waals surface area contributed by atoms with Crippen LogP contribution in [0.5, 0.6) is 0 Å². The van der Waals surface area contributed by atoms with Crippen molar-refractivity contribution in [1.82, 2.24) is 0 Å². The molecule has 22 heavy (non-hydrogen) atoms. The molecule has 0 unspecified atom stereocenters. The van der Waals surface area contributed by atoms with Gasteiger partial charge in [0.1, 0.15) is 0 Å². The summed E-state index contributed by atoms with van der Waals surface area (Å²) < 4.78 is 0. The number of carboxylic acids is 1. The van der Waals surface area contributed by atoms with Crippen molar-refractivity contribution in [2.75, 3.05) is 0 Å². The van der Waals surface area contributed by atoms with Crippen LogP contribution in [0.25, 0.3) is 0 Å². The van der Waals surface area contributed by atoms with Crippen molar-refractivity contribution in [3.05, 3.63) is 24.3 Å². The quantitative estimate of drug-likeness (QED) is 0.714. The molecule has 2 bridgehead atoms. The minimum Gasteiger partial charge on any atom is -0.481 e. The average Bonchev–Trinajstić information content (AvgIpc) is 2.46. The standard InChI is InChI=1S/C20H28O2/c1-13-12-20-9-5-14(13)11-16(20)18(2)7-4-8-19(3,17(21)22)15(18)6-10-20/h4,6-7,10,13-16H,5,8-9,11-12H2,1-3H3,(H,21,22)/t13-,14+,15+,16+,18-,19+,20-/m0/s1. The second-order valence-corrected chi connectivity index (χ2v) is 9.03. The van der Waals surface area contributed by atoms with Gasteiger partial charge in [-0.15, -0.1) is 0 Å². The highest BCUT2D eigenvalue weighted by Crippen LogP contribution is 2.68. The first kappa shape index (κ1) is 14.5. The first-order valence-electron chi connectivity index (χ1n) is 8.92. The zero-order valence-corrected chi connectivity index (χ0v) is 14.0. The number of rotatable bonds is 1. The lowest BCUT2D eigenvalue weighted by molar-refractivity contribution is -0.159. The van der Waals surface area contributed by atoms with Crippen LogP contribution in [0.3, 0.4) is 0 Å². The maximum absolute atomic E-state index is 12.0. The van der Waals surface area contributed by atoms with Gasteiger partial charge in [-0.1, -0.05) is 38.2 Å². The number of hydrogen-bond acceptors (Lipinski definition) is 1. The Morgan fingerprint density at radius 2 is 2.05 bits per heavy atom. The molecule has 0 aromatic heterocycles. The Kier molecular flexibility index (Phi) is 2.82. The Balaban J connectivity index is 1.83. The lowest BCUT2D eigenvalue weighted by Crippen LogP contribution is -2.58. The Bertz CT molecular complexity index is 576. The largest absolute Gasteiger partial charge is 0.481 e. The van der Waals surface area contributed by atoms with Gasteiger partial charge in [-0.2, -0.15) is 0 Å². The SMILES string of the molecule is C[C@H]1C[C@]23C=C[C@@H]4[C@](C)(C=CC[C@@]4(C)C(=O)O)[C@H]2C[C@H]1CC3. The van der Waals surface area contributed by atoms with Crippen LogP contribution in [0.1, 0.15) is 52.9 Å². The summed E-state index contributed by atoms with van der Waals surface area (Å²) in [6, 6.07) is 0. The van der Waals surface area contributed by atoms with Gasteiger partial charge in [0.25, 0.3) is 0 Å². The van der Waals surface area contributed by atoms with Gasteiger partial charge in [0.05, 0.1) is 5.41 Å². The van der Waals surface area contributed by atoms with E-state index < -0.39 is 11.4 Å². The summed E-state index contributed by atoms with van der Waals surface area (Å²) in [5.41, 5.74) is -0.302. The maximum Gasteiger partial charge on any atom is 0.310 e. The van der Waals surface area contributed by atoms with Gasteiger partial charge in [0.2, 0.25) is 0 Å². The third kappa shape index (κ3) is 1.59. The number of fused-ring (bicyclic) bond motifs is 3. The molecular formula is C20H28O2. The first-order valence-corrected chi connectivity index (χ1v) is 8.92. The number of hydrogen-bond donors (Lipinski definition) is 1. The summed E-state index contributed by atoms with van der Waals surface area (Å²) in [7, 11) is 0. The molecule has 1 N–H and O–H groups in total. The smallest absolute Gasteiger partial charge is 0.310 e. The molecule has 3 fully saturated rings. The second kappa shape index (κ2) is 4.27. The Hall–Kier alpha value is -1.05. The van der Waals surface area contributed by atoms with Crippen molar-refractivity contribution in [2.24, 2.45) is 39.9 Å². The molecule has 0 heterocycles. The van der Waals surface area contributed by atoms with Crippen LogP contribution in [0.4, 0.5) is 0 Å². The minimum atomic E-state index is -0.649. The van der Waals surface area contributed by atoms with E-state index in [4.69, 9.17) is 0 Å². The highest BCUT2D eigenvalue weighted by Gasteiger charge is 2.62. The van der Waals surface area contributed by atoms with Crippen molar-refractivity contribution in [1.29, 1.82) is 0 Å². The van der Waals surface area contributed by atoms with Crippen molar-refractivity contribution < 1.29 is 9.90 Å². The number of aliphatic carboxylic acids is 1. The topological polar surface area (TPSA) is 37.3 Å². The van der Waals surface area contributed by atoms with E-state index >= 15 is 0 Å². The van der Waals surface area contributed by atoms with Crippen molar-refractivity contribution in [3.8, 4) is 0 Å². The van der Waals surface area contributed by atoms with Crippen LogP contribution in [0.2, 0.25) is 0 Å². The van der Waals surface area contributed by atoms with E-state index in [1.54, 1.807) is 0 Å². The number of carboxylic acid groups (broad SMARTS) is 1. The molecule has 0 radical (unpaired) electrons.